The molecule has 0 fully saturated rings. The first-order chi connectivity index (χ1) is 7.54. The Labute approximate surface area is 90.6 Å². The van der Waals surface area contributed by atoms with Gasteiger partial charge in [-0.3, -0.25) is 10.2 Å². The number of ether oxygens (including phenoxy) is 1. The third kappa shape index (κ3) is 2.77. The van der Waals surface area contributed by atoms with E-state index in [2.05, 4.69) is 0 Å². The van der Waals surface area contributed by atoms with Gasteiger partial charge in [0, 0.05) is 5.56 Å². The summed E-state index contributed by atoms with van der Waals surface area (Å²) < 4.78 is 4.79. The summed E-state index contributed by atoms with van der Waals surface area (Å²) in [6.45, 7) is 0. The van der Waals surface area contributed by atoms with Crippen molar-refractivity contribution in [2.45, 2.75) is 0 Å². The molecule has 16 heavy (non-hydrogen) atoms. The topological polar surface area (TPSA) is 108 Å². The number of methoxy groups -OCH3 is 1. The molecule has 4 N–H and O–H groups in total. The smallest absolute Gasteiger partial charge is 0.423 e. The highest BCUT2D eigenvalue weighted by atomic mass is 16.5. The number of hydrogen-bond acceptors (Lipinski definition) is 4. The third-order valence-electron chi connectivity index (χ3n) is 1.72. The minimum absolute atomic E-state index is 0.104. The van der Waals surface area contributed by atoms with E-state index >= 15 is 0 Å². The van der Waals surface area contributed by atoms with Gasteiger partial charge in [0.15, 0.2) is 11.5 Å². The molecule has 0 saturated heterocycles. The summed E-state index contributed by atoms with van der Waals surface area (Å²) in [5.74, 6) is -0.659. The number of rotatable bonds is 2. The molecule has 0 unspecified atom stereocenters. The highest BCUT2D eigenvalue weighted by molar-refractivity contribution is 5.95. The van der Waals surface area contributed by atoms with Crippen molar-refractivity contribution in [3.63, 3.8) is 0 Å². The molecular weight excluding hydrogens is 216 g/mol. The van der Waals surface area contributed by atoms with E-state index in [4.69, 9.17) is 9.84 Å². The lowest BCUT2D eigenvalue weighted by Gasteiger charge is -2.06. The normalized spacial score (nSPS) is 9.31. The van der Waals surface area contributed by atoms with Crippen LogP contribution in [-0.2, 0) is 0 Å². The number of phenolic OH excluding ortho intramolecular Hbond substituents is 1. The molecule has 0 aliphatic heterocycles. The number of hydrazine groups is 1. The molecule has 0 bridgehead atoms. The second kappa shape index (κ2) is 4.87. The summed E-state index contributed by atoms with van der Waals surface area (Å²) in [4.78, 5) is 21.4. The standard InChI is InChI=1S/C9H10N2O5/c1-16-7-3-2-5(4-6(7)12)8(13)10-11-9(14)15/h2-4,11-12H,1H3,(H,10,13)(H,14,15). The molecule has 0 radical (unpaired) electrons. The van der Waals surface area contributed by atoms with E-state index in [0.717, 1.165) is 6.07 Å². The van der Waals surface area contributed by atoms with Crippen molar-refractivity contribution in [3.8, 4) is 11.5 Å². The lowest BCUT2D eigenvalue weighted by atomic mass is 10.2. The predicted molar refractivity (Wildman–Crippen MR) is 53.3 cm³/mol. The van der Waals surface area contributed by atoms with Crippen LogP contribution in [0.5, 0.6) is 11.5 Å². The maximum atomic E-state index is 11.3. The minimum Gasteiger partial charge on any atom is -0.504 e. The number of benzene rings is 1. The fourth-order valence-corrected chi connectivity index (χ4v) is 1.01. The van der Waals surface area contributed by atoms with Crippen LogP contribution in [0.2, 0.25) is 0 Å². The van der Waals surface area contributed by atoms with Gasteiger partial charge in [0.25, 0.3) is 5.91 Å². The monoisotopic (exact) mass is 226 g/mol. The summed E-state index contributed by atoms with van der Waals surface area (Å²) in [6.07, 6.45) is -1.38. The van der Waals surface area contributed by atoms with Gasteiger partial charge in [-0.25, -0.2) is 10.2 Å². The Kier molecular flexibility index (Phi) is 3.54. The molecule has 86 valence electrons. The Morgan fingerprint density at radius 1 is 1.31 bits per heavy atom. The zero-order chi connectivity index (χ0) is 12.1. The number of aromatic hydroxyl groups is 1. The lowest BCUT2D eigenvalue weighted by Crippen LogP contribution is -2.40. The van der Waals surface area contributed by atoms with E-state index in [0.29, 0.717) is 0 Å². The molecule has 1 aromatic carbocycles. The Morgan fingerprint density at radius 3 is 2.50 bits per heavy atom. The van der Waals surface area contributed by atoms with Gasteiger partial charge in [-0.15, -0.1) is 0 Å². The first-order valence-electron chi connectivity index (χ1n) is 4.21. The molecule has 0 atom stereocenters. The van der Waals surface area contributed by atoms with E-state index < -0.39 is 12.0 Å². The number of carboxylic acid groups (broad SMARTS) is 1. The average molecular weight is 226 g/mol. The van der Waals surface area contributed by atoms with Crippen molar-refractivity contribution in [2.24, 2.45) is 0 Å². The summed E-state index contributed by atoms with van der Waals surface area (Å²) in [5, 5.41) is 17.6. The molecule has 0 aliphatic carbocycles. The van der Waals surface area contributed by atoms with Gasteiger partial charge in [-0.1, -0.05) is 0 Å². The van der Waals surface area contributed by atoms with Crippen LogP contribution in [0.1, 0.15) is 10.4 Å². The quantitative estimate of drug-likeness (QED) is 0.543. The maximum absolute atomic E-state index is 11.3. The largest absolute Gasteiger partial charge is 0.504 e. The Morgan fingerprint density at radius 2 is 2.00 bits per heavy atom. The highest BCUT2D eigenvalue weighted by Crippen LogP contribution is 2.25. The second-order valence-electron chi connectivity index (χ2n) is 2.77. The maximum Gasteiger partial charge on any atom is 0.423 e. The van der Waals surface area contributed by atoms with Crippen LogP contribution in [0.3, 0.4) is 0 Å². The van der Waals surface area contributed by atoms with Gasteiger partial charge in [0.05, 0.1) is 7.11 Å². The van der Waals surface area contributed by atoms with Crippen molar-refractivity contribution >= 4 is 12.0 Å². The SMILES string of the molecule is COc1ccc(C(=O)NNC(=O)O)cc1O. The third-order valence-corrected chi connectivity index (χ3v) is 1.72. The van der Waals surface area contributed by atoms with Crippen molar-refractivity contribution in [1.29, 1.82) is 0 Å². The number of amides is 2. The molecule has 7 nitrogen and oxygen atoms in total. The average Bonchev–Trinajstić information content (AvgIpc) is 2.25. The van der Waals surface area contributed by atoms with E-state index in [1.54, 1.807) is 5.43 Å². The van der Waals surface area contributed by atoms with Crippen LogP contribution < -0.4 is 15.6 Å². The molecule has 2 amide bonds. The molecule has 1 rings (SSSR count). The highest BCUT2D eigenvalue weighted by Gasteiger charge is 2.09. The summed E-state index contributed by atoms with van der Waals surface area (Å²) in [6, 6.07) is 3.94. The zero-order valence-corrected chi connectivity index (χ0v) is 8.35. The van der Waals surface area contributed by atoms with Crippen molar-refractivity contribution < 1.29 is 24.5 Å². The summed E-state index contributed by atoms with van der Waals surface area (Å²) >= 11 is 0. The Bertz CT molecular complexity index is 418. The summed E-state index contributed by atoms with van der Waals surface area (Å²) in [5.41, 5.74) is 3.72. The number of carbonyl (C=O) groups is 2. The van der Waals surface area contributed by atoms with Gasteiger partial charge in [0.1, 0.15) is 0 Å². The lowest BCUT2D eigenvalue weighted by molar-refractivity contribution is 0.0926. The van der Waals surface area contributed by atoms with Gasteiger partial charge in [0.2, 0.25) is 0 Å². The number of hydrogen-bond donors (Lipinski definition) is 4. The van der Waals surface area contributed by atoms with Crippen LogP contribution in [0.25, 0.3) is 0 Å². The number of carbonyl (C=O) groups excluding carboxylic acids is 1. The van der Waals surface area contributed by atoms with Gasteiger partial charge in [-0.2, -0.15) is 0 Å². The fraction of sp³-hybridized carbons (Fsp3) is 0.111. The Balaban J connectivity index is 2.77. The molecule has 7 heteroatoms. The summed E-state index contributed by atoms with van der Waals surface area (Å²) in [7, 11) is 1.38. The van der Waals surface area contributed by atoms with E-state index in [1.165, 1.54) is 19.2 Å². The molecule has 0 aromatic heterocycles. The molecule has 0 saturated carbocycles. The van der Waals surface area contributed by atoms with Crippen LogP contribution >= 0.6 is 0 Å². The van der Waals surface area contributed by atoms with Crippen LogP contribution in [0.4, 0.5) is 4.79 Å². The fourth-order valence-electron chi connectivity index (χ4n) is 1.01. The minimum atomic E-state index is -1.38. The molecular formula is C9H10N2O5. The van der Waals surface area contributed by atoms with Crippen LogP contribution in [0.15, 0.2) is 18.2 Å². The molecule has 0 heterocycles. The molecule has 1 aromatic rings. The first-order valence-corrected chi connectivity index (χ1v) is 4.21. The van der Waals surface area contributed by atoms with Gasteiger partial charge < -0.3 is 14.9 Å². The van der Waals surface area contributed by atoms with Gasteiger partial charge >= 0.3 is 6.09 Å². The van der Waals surface area contributed by atoms with Crippen molar-refractivity contribution in [1.82, 2.24) is 10.9 Å². The van der Waals surface area contributed by atoms with E-state index in [-0.39, 0.29) is 17.1 Å². The number of nitrogens with one attached hydrogen (secondary N) is 2. The van der Waals surface area contributed by atoms with Crippen molar-refractivity contribution in [2.75, 3.05) is 7.11 Å². The van der Waals surface area contributed by atoms with E-state index in [1.807, 2.05) is 5.43 Å². The van der Waals surface area contributed by atoms with E-state index in [9.17, 15) is 14.7 Å². The van der Waals surface area contributed by atoms with Crippen LogP contribution in [0, 0.1) is 0 Å². The zero-order valence-electron chi connectivity index (χ0n) is 8.35. The Hall–Kier alpha value is -2.44. The van der Waals surface area contributed by atoms with Crippen LogP contribution in [-0.4, -0.2) is 29.3 Å². The number of phenols is 1. The first kappa shape index (κ1) is 11.6. The second-order valence-corrected chi connectivity index (χ2v) is 2.77. The molecule has 0 aliphatic rings. The molecule has 0 spiro atoms. The van der Waals surface area contributed by atoms with Gasteiger partial charge in [-0.05, 0) is 18.2 Å². The van der Waals surface area contributed by atoms with Crippen molar-refractivity contribution in [3.05, 3.63) is 23.8 Å². The predicted octanol–water partition coefficient (Wildman–Crippen LogP) is 0.313.